The van der Waals surface area contributed by atoms with Crippen molar-refractivity contribution < 1.29 is 23.8 Å². The van der Waals surface area contributed by atoms with E-state index in [2.05, 4.69) is 10.2 Å². The van der Waals surface area contributed by atoms with E-state index >= 15 is 0 Å². The number of piperazine rings is 1. The van der Waals surface area contributed by atoms with Gasteiger partial charge in [-0.3, -0.25) is 14.5 Å². The molecule has 0 atom stereocenters. The summed E-state index contributed by atoms with van der Waals surface area (Å²) in [5.41, 5.74) is 0.637. The van der Waals surface area contributed by atoms with Crippen molar-refractivity contribution in [3.63, 3.8) is 0 Å². The number of fused-ring (bicyclic) bond motifs is 1. The number of nitrogens with one attached hydrogen (secondary N) is 1. The first-order valence-corrected chi connectivity index (χ1v) is 11.0. The van der Waals surface area contributed by atoms with E-state index in [0.717, 1.165) is 25.4 Å². The Morgan fingerprint density at radius 3 is 2.44 bits per heavy atom. The minimum absolute atomic E-state index is 0.0162. The zero-order valence-electron chi connectivity index (χ0n) is 18.1. The SMILES string of the molecule is O=C(CCC(=O)N1CCN(CCOc2ccccc2)CC1)Nc1ccc2c(c1)OCCO2. The van der Waals surface area contributed by atoms with Gasteiger partial charge in [0, 0.05) is 57.3 Å². The van der Waals surface area contributed by atoms with Crippen LogP contribution in [-0.2, 0) is 9.59 Å². The number of carbonyl (C=O) groups excluding carboxylic acids is 2. The van der Waals surface area contributed by atoms with Crippen molar-refractivity contribution in [1.29, 1.82) is 0 Å². The van der Waals surface area contributed by atoms with Gasteiger partial charge in [-0.05, 0) is 24.3 Å². The lowest BCUT2D eigenvalue weighted by Crippen LogP contribution is -2.49. The molecule has 2 heterocycles. The van der Waals surface area contributed by atoms with Crippen LogP contribution in [0.1, 0.15) is 12.8 Å². The quantitative estimate of drug-likeness (QED) is 0.681. The molecule has 0 aliphatic carbocycles. The Balaban J connectivity index is 1.13. The highest BCUT2D eigenvalue weighted by Crippen LogP contribution is 2.32. The topological polar surface area (TPSA) is 80.3 Å². The van der Waals surface area contributed by atoms with Gasteiger partial charge in [-0.2, -0.15) is 0 Å². The summed E-state index contributed by atoms with van der Waals surface area (Å²) in [5.74, 6) is 2.00. The number of hydrogen-bond donors (Lipinski definition) is 1. The van der Waals surface area contributed by atoms with E-state index < -0.39 is 0 Å². The Morgan fingerprint density at radius 1 is 0.906 bits per heavy atom. The molecule has 2 aromatic rings. The molecule has 0 radical (unpaired) electrons. The fourth-order valence-electron chi connectivity index (χ4n) is 3.75. The van der Waals surface area contributed by atoms with Crippen LogP contribution < -0.4 is 19.5 Å². The highest BCUT2D eigenvalue weighted by molar-refractivity contribution is 5.93. The molecule has 1 saturated heterocycles. The first-order valence-electron chi connectivity index (χ1n) is 11.0. The van der Waals surface area contributed by atoms with E-state index in [9.17, 15) is 9.59 Å². The molecule has 2 aliphatic heterocycles. The fraction of sp³-hybridized carbons (Fsp3) is 0.417. The van der Waals surface area contributed by atoms with Crippen LogP contribution in [0.5, 0.6) is 17.2 Å². The summed E-state index contributed by atoms with van der Waals surface area (Å²) in [4.78, 5) is 28.9. The van der Waals surface area contributed by atoms with E-state index in [1.54, 1.807) is 18.2 Å². The Kier molecular flexibility index (Phi) is 7.45. The van der Waals surface area contributed by atoms with Gasteiger partial charge in [0.15, 0.2) is 11.5 Å². The number of ether oxygens (including phenoxy) is 3. The van der Waals surface area contributed by atoms with Crippen LogP contribution in [0.4, 0.5) is 5.69 Å². The van der Waals surface area contributed by atoms with Gasteiger partial charge in [0.2, 0.25) is 11.8 Å². The average molecular weight is 440 g/mol. The van der Waals surface area contributed by atoms with E-state index in [4.69, 9.17) is 14.2 Å². The van der Waals surface area contributed by atoms with Crippen LogP contribution in [0, 0.1) is 0 Å². The summed E-state index contributed by atoms with van der Waals surface area (Å²) in [5, 5.41) is 2.83. The van der Waals surface area contributed by atoms with Gasteiger partial charge in [-0.25, -0.2) is 0 Å². The number of hydrogen-bond acceptors (Lipinski definition) is 6. The van der Waals surface area contributed by atoms with Crippen molar-refractivity contribution in [3.8, 4) is 17.2 Å². The summed E-state index contributed by atoms with van der Waals surface area (Å²) in [6.07, 6.45) is 0.353. The van der Waals surface area contributed by atoms with Gasteiger partial charge >= 0.3 is 0 Å². The second kappa shape index (κ2) is 10.9. The lowest BCUT2D eigenvalue weighted by atomic mass is 10.2. The molecule has 1 fully saturated rings. The largest absolute Gasteiger partial charge is 0.492 e. The number of benzene rings is 2. The maximum atomic E-state index is 12.5. The molecule has 2 aromatic carbocycles. The standard InChI is InChI=1S/C24H29N3O5/c28-23(25-19-6-7-21-22(18-19)32-17-16-31-21)8-9-24(29)27-12-10-26(11-13-27)14-15-30-20-4-2-1-3-5-20/h1-7,18H,8-17H2,(H,25,28). The molecule has 170 valence electrons. The van der Waals surface area contributed by atoms with Crippen LogP contribution >= 0.6 is 0 Å². The number of anilines is 1. The zero-order chi connectivity index (χ0) is 22.2. The van der Waals surface area contributed by atoms with E-state index in [0.29, 0.717) is 50.1 Å². The van der Waals surface area contributed by atoms with E-state index in [-0.39, 0.29) is 24.7 Å². The second-order valence-electron chi connectivity index (χ2n) is 7.79. The number of carbonyl (C=O) groups is 2. The molecule has 2 aliphatic rings. The fourth-order valence-corrected chi connectivity index (χ4v) is 3.75. The van der Waals surface area contributed by atoms with Crippen molar-refractivity contribution in [2.75, 3.05) is 57.9 Å². The van der Waals surface area contributed by atoms with Crippen molar-refractivity contribution in [2.45, 2.75) is 12.8 Å². The van der Waals surface area contributed by atoms with Crippen molar-refractivity contribution in [1.82, 2.24) is 9.80 Å². The first-order chi connectivity index (χ1) is 15.7. The van der Waals surface area contributed by atoms with Crippen LogP contribution in [0.15, 0.2) is 48.5 Å². The first kappa shape index (κ1) is 22.0. The van der Waals surface area contributed by atoms with Crippen molar-refractivity contribution in [3.05, 3.63) is 48.5 Å². The average Bonchev–Trinajstić information content (AvgIpc) is 2.83. The lowest BCUT2D eigenvalue weighted by molar-refractivity contribution is -0.134. The molecule has 0 bridgehead atoms. The minimum atomic E-state index is -0.188. The number of para-hydroxylation sites is 1. The predicted octanol–water partition coefficient (Wildman–Crippen LogP) is 2.40. The Morgan fingerprint density at radius 2 is 1.66 bits per heavy atom. The molecule has 8 heteroatoms. The third kappa shape index (κ3) is 6.13. The van der Waals surface area contributed by atoms with Gasteiger partial charge in [0.25, 0.3) is 0 Å². The maximum Gasteiger partial charge on any atom is 0.224 e. The molecule has 0 saturated carbocycles. The second-order valence-corrected chi connectivity index (χ2v) is 7.79. The monoisotopic (exact) mass is 439 g/mol. The molecule has 1 N–H and O–H groups in total. The van der Waals surface area contributed by atoms with Crippen LogP contribution in [0.25, 0.3) is 0 Å². The smallest absolute Gasteiger partial charge is 0.224 e. The number of nitrogens with zero attached hydrogens (tertiary/aromatic N) is 2. The normalized spacial score (nSPS) is 15.8. The van der Waals surface area contributed by atoms with E-state index in [1.165, 1.54) is 0 Å². The van der Waals surface area contributed by atoms with Gasteiger partial charge in [-0.15, -0.1) is 0 Å². The van der Waals surface area contributed by atoms with Gasteiger partial charge in [-0.1, -0.05) is 18.2 Å². The maximum absolute atomic E-state index is 12.5. The summed E-state index contributed by atoms with van der Waals surface area (Å²) in [6.45, 7) is 5.44. The minimum Gasteiger partial charge on any atom is -0.492 e. The lowest BCUT2D eigenvalue weighted by Gasteiger charge is -2.34. The van der Waals surface area contributed by atoms with Crippen LogP contribution in [0.2, 0.25) is 0 Å². The Bertz CT molecular complexity index is 913. The molecule has 0 unspecified atom stereocenters. The molecule has 32 heavy (non-hydrogen) atoms. The van der Waals surface area contributed by atoms with Crippen molar-refractivity contribution >= 4 is 17.5 Å². The molecule has 2 amide bonds. The van der Waals surface area contributed by atoms with Gasteiger partial charge < -0.3 is 24.4 Å². The molecule has 4 rings (SSSR count). The van der Waals surface area contributed by atoms with Crippen molar-refractivity contribution in [2.24, 2.45) is 0 Å². The predicted molar refractivity (Wildman–Crippen MR) is 120 cm³/mol. The molecule has 0 aromatic heterocycles. The number of amides is 2. The third-order valence-electron chi connectivity index (χ3n) is 5.54. The molecule has 8 nitrogen and oxygen atoms in total. The molecular weight excluding hydrogens is 410 g/mol. The zero-order valence-corrected chi connectivity index (χ0v) is 18.1. The summed E-state index contributed by atoms with van der Waals surface area (Å²) in [7, 11) is 0. The highest BCUT2D eigenvalue weighted by atomic mass is 16.6. The third-order valence-corrected chi connectivity index (χ3v) is 5.54. The van der Waals surface area contributed by atoms with Gasteiger partial charge in [0.1, 0.15) is 25.6 Å². The number of rotatable bonds is 8. The molecule has 0 spiro atoms. The van der Waals surface area contributed by atoms with Crippen LogP contribution in [0.3, 0.4) is 0 Å². The summed E-state index contributed by atoms with van der Waals surface area (Å²) < 4.78 is 16.8. The van der Waals surface area contributed by atoms with E-state index in [1.807, 2.05) is 35.2 Å². The summed E-state index contributed by atoms with van der Waals surface area (Å²) >= 11 is 0. The molecular formula is C24H29N3O5. The van der Waals surface area contributed by atoms with Crippen LogP contribution in [-0.4, -0.2) is 74.2 Å². The Hall–Kier alpha value is -3.26. The van der Waals surface area contributed by atoms with Gasteiger partial charge in [0.05, 0.1) is 0 Å². The summed E-state index contributed by atoms with van der Waals surface area (Å²) in [6, 6.07) is 15.1. The highest BCUT2D eigenvalue weighted by Gasteiger charge is 2.21. The Labute approximate surface area is 188 Å².